The Bertz CT molecular complexity index is 923. The van der Waals surface area contributed by atoms with Gasteiger partial charge in [0.05, 0.1) is 11.7 Å². The van der Waals surface area contributed by atoms with Gasteiger partial charge in [-0.2, -0.15) is 0 Å². The lowest BCUT2D eigenvalue weighted by atomic mass is 10.1. The number of hydrogen-bond acceptors (Lipinski definition) is 3. The molecule has 0 bridgehead atoms. The summed E-state index contributed by atoms with van der Waals surface area (Å²) < 4.78 is 2.17. The summed E-state index contributed by atoms with van der Waals surface area (Å²) in [6.45, 7) is 6.18. The third-order valence-corrected chi connectivity index (χ3v) is 4.14. The predicted molar refractivity (Wildman–Crippen MR) is 105 cm³/mol. The first kappa shape index (κ1) is 17.4. The topological polar surface area (TPSA) is 46.3 Å². The number of aryl methyl sites for hydroxylation is 1. The van der Waals surface area contributed by atoms with Gasteiger partial charge in [0.25, 0.3) is 0 Å². The van der Waals surface area contributed by atoms with Crippen LogP contribution in [0.3, 0.4) is 0 Å². The van der Waals surface area contributed by atoms with Gasteiger partial charge in [0, 0.05) is 36.9 Å². The highest BCUT2D eigenvalue weighted by molar-refractivity contribution is 6.30. The van der Waals surface area contributed by atoms with E-state index >= 15 is 0 Å². The summed E-state index contributed by atoms with van der Waals surface area (Å²) in [6.07, 6.45) is 3.89. The van der Waals surface area contributed by atoms with E-state index in [-0.39, 0.29) is 6.04 Å². The van der Waals surface area contributed by atoms with Crippen LogP contribution < -0.4 is 0 Å². The zero-order valence-electron chi connectivity index (χ0n) is 15.2. The van der Waals surface area contributed by atoms with Gasteiger partial charge in [0.15, 0.2) is 5.82 Å². The summed E-state index contributed by atoms with van der Waals surface area (Å²) in [5.41, 5.74) is 3.03. The molecule has 0 radical (unpaired) electrons. The van der Waals surface area contributed by atoms with Crippen LogP contribution in [0.25, 0.3) is 22.2 Å². The number of fused-ring (bicyclic) bond motifs is 1. The molecule has 25 heavy (non-hydrogen) atoms. The van der Waals surface area contributed by atoms with Crippen molar-refractivity contribution in [1.29, 1.82) is 0 Å². The zero-order chi connectivity index (χ0) is 18.1. The minimum absolute atomic E-state index is 0.281. The fraction of sp³-hybridized carbons (Fsp3) is 0.316. The van der Waals surface area contributed by atoms with E-state index in [1.165, 1.54) is 0 Å². The van der Waals surface area contributed by atoms with Crippen molar-refractivity contribution in [2.75, 3.05) is 14.1 Å². The molecule has 6 heteroatoms. The molecule has 0 atom stereocenters. The van der Waals surface area contributed by atoms with Crippen molar-refractivity contribution >= 4 is 34.8 Å². The average Bonchev–Trinajstić information content (AvgIpc) is 2.93. The second-order valence-corrected chi connectivity index (χ2v) is 6.99. The quantitative estimate of drug-likeness (QED) is 0.495. The normalized spacial score (nSPS) is 11.8. The van der Waals surface area contributed by atoms with E-state index in [2.05, 4.69) is 39.6 Å². The number of halogens is 1. The van der Waals surface area contributed by atoms with Crippen molar-refractivity contribution in [3.05, 3.63) is 41.3 Å². The summed E-state index contributed by atoms with van der Waals surface area (Å²) in [4.78, 5) is 15.7. The Morgan fingerprint density at radius 3 is 2.44 bits per heavy atom. The van der Waals surface area contributed by atoms with E-state index < -0.39 is 0 Å². The standard InChI is InChI=1S/C19H22ClN5/c1-12(2)25-10-16(14-6-8-15(20)9-7-14)17-18(21-11-24(4)5)22-13(3)23-19(17)25/h6-12H,1-5H3. The molecule has 0 aliphatic carbocycles. The SMILES string of the molecule is Cc1nc(N=CN(C)C)c2c(-c3ccc(Cl)cc3)cn(C(C)C)c2n1. The predicted octanol–water partition coefficient (Wildman–Crippen LogP) is 4.86. The van der Waals surface area contributed by atoms with Crippen LogP contribution >= 0.6 is 11.6 Å². The molecule has 5 nitrogen and oxygen atoms in total. The van der Waals surface area contributed by atoms with Crippen LogP contribution in [0, 0.1) is 6.92 Å². The van der Waals surface area contributed by atoms with Gasteiger partial charge in [0.1, 0.15) is 11.5 Å². The van der Waals surface area contributed by atoms with Gasteiger partial charge in [-0.25, -0.2) is 15.0 Å². The van der Waals surface area contributed by atoms with Crippen LogP contribution in [0.4, 0.5) is 5.82 Å². The number of hydrogen-bond donors (Lipinski definition) is 0. The lowest BCUT2D eigenvalue weighted by molar-refractivity contribution is 0.617. The number of benzene rings is 1. The number of nitrogens with zero attached hydrogens (tertiary/aromatic N) is 5. The van der Waals surface area contributed by atoms with E-state index in [0.29, 0.717) is 16.7 Å². The molecular weight excluding hydrogens is 334 g/mol. The average molecular weight is 356 g/mol. The van der Waals surface area contributed by atoms with Gasteiger partial charge in [0.2, 0.25) is 0 Å². The maximum absolute atomic E-state index is 6.05. The van der Waals surface area contributed by atoms with Crippen molar-refractivity contribution < 1.29 is 0 Å². The number of aliphatic imine (C=N–C) groups is 1. The van der Waals surface area contributed by atoms with Crippen molar-refractivity contribution in [1.82, 2.24) is 19.4 Å². The van der Waals surface area contributed by atoms with Gasteiger partial charge in [-0.15, -0.1) is 0 Å². The van der Waals surface area contributed by atoms with E-state index in [4.69, 9.17) is 11.6 Å². The molecule has 1 aromatic carbocycles. The molecule has 0 saturated heterocycles. The molecule has 2 heterocycles. The van der Waals surface area contributed by atoms with Crippen molar-refractivity contribution in [3.8, 4) is 11.1 Å². The Morgan fingerprint density at radius 1 is 1.16 bits per heavy atom. The largest absolute Gasteiger partial charge is 0.369 e. The lowest BCUT2D eigenvalue weighted by Gasteiger charge is -2.09. The fourth-order valence-corrected chi connectivity index (χ4v) is 2.87. The molecular formula is C19H22ClN5. The smallest absolute Gasteiger partial charge is 0.167 e. The zero-order valence-corrected chi connectivity index (χ0v) is 15.9. The summed E-state index contributed by atoms with van der Waals surface area (Å²) in [6, 6.07) is 8.10. The molecule has 0 N–H and O–H groups in total. The Kier molecular flexibility index (Phi) is 4.77. The third kappa shape index (κ3) is 3.51. The molecule has 0 saturated carbocycles. The lowest BCUT2D eigenvalue weighted by Crippen LogP contribution is -2.07. The van der Waals surface area contributed by atoms with E-state index in [0.717, 1.165) is 22.2 Å². The van der Waals surface area contributed by atoms with E-state index in [1.54, 1.807) is 6.34 Å². The highest BCUT2D eigenvalue weighted by atomic mass is 35.5. The maximum Gasteiger partial charge on any atom is 0.167 e. The maximum atomic E-state index is 6.05. The van der Waals surface area contributed by atoms with Gasteiger partial charge in [-0.05, 0) is 38.5 Å². The molecule has 0 aliphatic rings. The van der Waals surface area contributed by atoms with Crippen LogP contribution in [0.1, 0.15) is 25.7 Å². The van der Waals surface area contributed by atoms with Crippen LogP contribution in [0.2, 0.25) is 5.02 Å². The molecule has 2 aromatic heterocycles. The Labute approximate surface area is 153 Å². The second-order valence-electron chi connectivity index (χ2n) is 6.55. The summed E-state index contributed by atoms with van der Waals surface area (Å²) >= 11 is 6.05. The van der Waals surface area contributed by atoms with Crippen LogP contribution in [0.5, 0.6) is 0 Å². The Balaban J connectivity index is 2.34. The first-order chi connectivity index (χ1) is 11.9. The highest BCUT2D eigenvalue weighted by Gasteiger charge is 2.18. The van der Waals surface area contributed by atoms with Gasteiger partial charge < -0.3 is 9.47 Å². The number of aromatic nitrogens is 3. The first-order valence-electron chi connectivity index (χ1n) is 8.22. The number of rotatable bonds is 4. The summed E-state index contributed by atoms with van der Waals surface area (Å²) in [5, 5.41) is 1.68. The Hall–Kier alpha value is -2.40. The summed E-state index contributed by atoms with van der Waals surface area (Å²) in [5.74, 6) is 1.39. The van der Waals surface area contributed by atoms with Gasteiger partial charge >= 0.3 is 0 Å². The highest BCUT2D eigenvalue weighted by Crippen LogP contribution is 2.37. The van der Waals surface area contributed by atoms with Crippen LogP contribution in [0.15, 0.2) is 35.5 Å². The molecule has 0 spiro atoms. The van der Waals surface area contributed by atoms with E-state index in [1.807, 2.05) is 50.2 Å². The molecule has 0 aliphatic heterocycles. The fourth-order valence-electron chi connectivity index (χ4n) is 2.74. The second kappa shape index (κ2) is 6.84. The van der Waals surface area contributed by atoms with Crippen LogP contribution in [-0.4, -0.2) is 39.9 Å². The van der Waals surface area contributed by atoms with Crippen molar-refractivity contribution in [2.45, 2.75) is 26.8 Å². The molecule has 130 valence electrons. The van der Waals surface area contributed by atoms with E-state index in [9.17, 15) is 0 Å². The third-order valence-electron chi connectivity index (χ3n) is 3.89. The molecule has 0 fully saturated rings. The first-order valence-corrected chi connectivity index (χ1v) is 8.60. The van der Waals surface area contributed by atoms with Crippen molar-refractivity contribution in [2.24, 2.45) is 4.99 Å². The molecule has 0 amide bonds. The molecule has 3 rings (SSSR count). The van der Waals surface area contributed by atoms with Gasteiger partial charge in [-0.3, -0.25) is 0 Å². The summed E-state index contributed by atoms with van der Waals surface area (Å²) in [7, 11) is 3.88. The van der Waals surface area contributed by atoms with Crippen LogP contribution in [-0.2, 0) is 0 Å². The minimum Gasteiger partial charge on any atom is -0.369 e. The molecule has 3 aromatic rings. The monoisotopic (exact) mass is 355 g/mol. The minimum atomic E-state index is 0.281. The van der Waals surface area contributed by atoms with Crippen molar-refractivity contribution in [3.63, 3.8) is 0 Å². The Morgan fingerprint density at radius 2 is 1.84 bits per heavy atom. The van der Waals surface area contributed by atoms with Gasteiger partial charge in [-0.1, -0.05) is 23.7 Å². The molecule has 0 unspecified atom stereocenters.